The second kappa shape index (κ2) is 7.28. The molecule has 20 heavy (non-hydrogen) atoms. The molecule has 0 radical (unpaired) electrons. The summed E-state index contributed by atoms with van der Waals surface area (Å²) in [5.74, 6) is -0.742. The minimum atomic E-state index is -0.497. The minimum absolute atomic E-state index is 0. The van der Waals surface area contributed by atoms with Gasteiger partial charge in [-0.3, -0.25) is 4.79 Å². The first-order valence-corrected chi connectivity index (χ1v) is 6.12. The Morgan fingerprint density at radius 3 is 2.75 bits per heavy atom. The van der Waals surface area contributed by atoms with E-state index in [1.54, 1.807) is 18.2 Å². The molecule has 0 saturated heterocycles. The Morgan fingerprint density at radius 2 is 2.10 bits per heavy atom. The second-order valence-electron chi connectivity index (χ2n) is 3.96. The fraction of sp³-hybridized carbons (Fsp3) is 0.154. The molecular formula is C13H14Cl2FN3O. The molecule has 2 aromatic rings. The van der Waals surface area contributed by atoms with E-state index >= 15 is 0 Å². The van der Waals surface area contributed by atoms with Crippen LogP contribution in [0.4, 0.5) is 4.39 Å². The molecule has 7 heteroatoms. The lowest BCUT2D eigenvalue weighted by atomic mass is 10.1. The Bertz CT molecular complexity index is 601. The summed E-state index contributed by atoms with van der Waals surface area (Å²) in [4.78, 5) is 14.6. The number of nitrogens with two attached hydrogens (primary N) is 1. The first kappa shape index (κ1) is 16.5. The standard InChI is InChI=1S/C13H13ClFN3O.ClH/c14-9-2-1-8(7-10(9)15)11-3-4-12(18-11)13(19)17-6-5-16;/h1-4,7,18H,5-6,16H2,(H,17,19);1H. The molecule has 1 aromatic heterocycles. The van der Waals surface area contributed by atoms with Crippen molar-refractivity contribution < 1.29 is 9.18 Å². The topological polar surface area (TPSA) is 70.9 Å². The van der Waals surface area contributed by atoms with Crippen LogP contribution in [0.5, 0.6) is 0 Å². The number of benzene rings is 1. The van der Waals surface area contributed by atoms with Crippen LogP contribution in [0, 0.1) is 5.82 Å². The maximum absolute atomic E-state index is 13.4. The Labute approximate surface area is 126 Å². The van der Waals surface area contributed by atoms with Gasteiger partial charge in [0.25, 0.3) is 5.91 Å². The maximum atomic E-state index is 13.4. The van der Waals surface area contributed by atoms with Crippen molar-refractivity contribution in [2.75, 3.05) is 13.1 Å². The zero-order valence-electron chi connectivity index (χ0n) is 10.5. The highest BCUT2D eigenvalue weighted by Crippen LogP contribution is 2.23. The zero-order chi connectivity index (χ0) is 13.8. The number of carbonyl (C=O) groups is 1. The van der Waals surface area contributed by atoms with Crippen molar-refractivity contribution in [1.82, 2.24) is 10.3 Å². The van der Waals surface area contributed by atoms with Crippen LogP contribution in [0.15, 0.2) is 30.3 Å². The van der Waals surface area contributed by atoms with Gasteiger partial charge in [0, 0.05) is 24.3 Å². The van der Waals surface area contributed by atoms with Crippen molar-refractivity contribution in [1.29, 1.82) is 0 Å². The number of hydrogen-bond acceptors (Lipinski definition) is 2. The summed E-state index contributed by atoms with van der Waals surface area (Å²) in [5.41, 5.74) is 6.98. The first-order chi connectivity index (χ1) is 9.11. The van der Waals surface area contributed by atoms with Gasteiger partial charge < -0.3 is 16.0 Å². The molecule has 0 saturated carbocycles. The Morgan fingerprint density at radius 1 is 1.35 bits per heavy atom. The van der Waals surface area contributed by atoms with E-state index in [-0.39, 0.29) is 23.3 Å². The first-order valence-electron chi connectivity index (χ1n) is 5.74. The third kappa shape index (κ3) is 3.72. The van der Waals surface area contributed by atoms with Gasteiger partial charge in [0.1, 0.15) is 11.5 Å². The van der Waals surface area contributed by atoms with Crippen LogP contribution in [0.2, 0.25) is 5.02 Å². The van der Waals surface area contributed by atoms with E-state index in [1.807, 2.05) is 0 Å². The van der Waals surface area contributed by atoms with Gasteiger partial charge in [0.2, 0.25) is 0 Å². The number of halogens is 3. The molecule has 0 atom stereocenters. The van der Waals surface area contributed by atoms with Crippen LogP contribution in [0.3, 0.4) is 0 Å². The summed E-state index contributed by atoms with van der Waals surface area (Å²) in [6.45, 7) is 0.782. The molecule has 0 fully saturated rings. The smallest absolute Gasteiger partial charge is 0.267 e. The lowest BCUT2D eigenvalue weighted by Crippen LogP contribution is -2.29. The summed E-state index contributed by atoms with van der Waals surface area (Å²) < 4.78 is 13.4. The van der Waals surface area contributed by atoms with Crippen LogP contribution >= 0.6 is 24.0 Å². The van der Waals surface area contributed by atoms with E-state index in [0.29, 0.717) is 30.0 Å². The molecule has 0 unspecified atom stereocenters. The Hall–Kier alpha value is -1.56. The Balaban J connectivity index is 0.00000200. The number of hydrogen-bond donors (Lipinski definition) is 3. The zero-order valence-corrected chi connectivity index (χ0v) is 12.0. The normalized spacial score (nSPS) is 9.95. The summed E-state index contributed by atoms with van der Waals surface area (Å²) in [5, 5.41) is 2.71. The van der Waals surface area contributed by atoms with Crippen LogP contribution in [0.25, 0.3) is 11.3 Å². The average molecular weight is 318 g/mol. The molecule has 1 aromatic carbocycles. The number of carbonyl (C=O) groups excluding carboxylic acids is 1. The molecule has 0 aliphatic heterocycles. The van der Waals surface area contributed by atoms with E-state index in [2.05, 4.69) is 10.3 Å². The van der Waals surface area contributed by atoms with Crippen molar-refractivity contribution in [3.05, 3.63) is 46.9 Å². The van der Waals surface area contributed by atoms with Gasteiger partial charge in [-0.25, -0.2) is 4.39 Å². The molecule has 4 N–H and O–H groups in total. The summed E-state index contributed by atoms with van der Waals surface area (Å²) in [6.07, 6.45) is 0. The number of amides is 1. The monoisotopic (exact) mass is 317 g/mol. The van der Waals surface area contributed by atoms with Crippen LogP contribution < -0.4 is 11.1 Å². The molecule has 0 bridgehead atoms. The Kier molecular flexibility index (Phi) is 6.01. The van der Waals surface area contributed by atoms with E-state index in [9.17, 15) is 9.18 Å². The molecule has 0 aliphatic rings. The number of nitrogens with one attached hydrogen (secondary N) is 2. The van der Waals surface area contributed by atoms with E-state index in [0.717, 1.165) is 0 Å². The van der Waals surface area contributed by atoms with Gasteiger partial charge in [-0.2, -0.15) is 0 Å². The number of aromatic amines is 1. The van der Waals surface area contributed by atoms with Gasteiger partial charge >= 0.3 is 0 Å². The number of H-pyrrole nitrogens is 1. The number of rotatable bonds is 4. The van der Waals surface area contributed by atoms with Gasteiger partial charge in [-0.05, 0) is 24.3 Å². The third-order valence-electron chi connectivity index (χ3n) is 2.59. The van der Waals surface area contributed by atoms with E-state index in [1.165, 1.54) is 12.1 Å². The van der Waals surface area contributed by atoms with E-state index in [4.69, 9.17) is 17.3 Å². The number of aromatic nitrogens is 1. The summed E-state index contributed by atoms with van der Waals surface area (Å²) in [7, 11) is 0. The molecular weight excluding hydrogens is 304 g/mol. The predicted molar refractivity (Wildman–Crippen MR) is 79.8 cm³/mol. The highest BCUT2D eigenvalue weighted by Gasteiger charge is 2.09. The third-order valence-corrected chi connectivity index (χ3v) is 2.90. The SMILES string of the molecule is Cl.NCCNC(=O)c1ccc(-c2ccc(Cl)c(F)c2)[nH]1. The second-order valence-corrected chi connectivity index (χ2v) is 4.37. The summed E-state index contributed by atoms with van der Waals surface area (Å²) in [6, 6.07) is 7.81. The minimum Gasteiger partial charge on any atom is -0.351 e. The summed E-state index contributed by atoms with van der Waals surface area (Å²) >= 11 is 5.62. The molecule has 108 valence electrons. The molecule has 4 nitrogen and oxygen atoms in total. The largest absolute Gasteiger partial charge is 0.351 e. The van der Waals surface area contributed by atoms with Crippen molar-refractivity contribution in [3.8, 4) is 11.3 Å². The van der Waals surface area contributed by atoms with Gasteiger partial charge in [0.05, 0.1) is 5.02 Å². The highest BCUT2D eigenvalue weighted by molar-refractivity contribution is 6.30. The molecule has 2 rings (SSSR count). The molecule has 0 spiro atoms. The van der Waals surface area contributed by atoms with Gasteiger partial charge in [-0.1, -0.05) is 17.7 Å². The lowest BCUT2D eigenvalue weighted by molar-refractivity contribution is 0.0950. The molecule has 1 amide bonds. The quantitative estimate of drug-likeness (QED) is 0.811. The van der Waals surface area contributed by atoms with Crippen molar-refractivity contribution in [2.24, 2.45) is 5.73 Å². The maximum Gasteiger partial charge on any atom is 0.267 e. The van der Waals surface area contributed by atoms with Crippen molar-refractivity contribution in [3.63, 3.8) is 0 Å². The fourth-order valence-electron chi connectivity index (χ4n) is 1.64. The van der Waals surface area contributed by atoms with Gasteiger partial charge in [-0.15, -0.1) is 12.4 Å². The van der Waals surface area contributed by atoms with Crippen molar-refractivity contribution in [2.45, 2.75) is 0 Å². The fourth-order valence-corrected chi connectivity index (χ4v) is 1.76. The van der Waals surface area contributed by atoms with E-state index < -0.39 is 5.82 Å². The molecule has 1 heterocycles. The van der Waals surface area contributed by atoms with Crippen LogP contribution in [0.1, 0.15) is 10.5 Å². The lowest BCUT2D eigenvalue weighted by Gasteiger charge is -2.02. The van der Waals surface area contributed by atoms with Crippen LogP contribution in [-0.2, 0) is 0 Å². The molecule has 0 aliphatic carbocycles. The highest BCUT2D eigenvalue weighted by atomic mass is 35.5. The average Bonchev–Trinajstić information content (AvgIpc) is 2.89. The predicted octanol–water partition coefficient (Wildman–Crippen LogP) is 2.58. The van der Waals surface area contributed by atoms with Crippen LogP contribution in [-0.4, -0.2) is 24.0 Å². The van der Waals surface area contributed by atoms with Gasteiger partial charge in [0.15, 0.2) is 0 Å². The van der Waals surface area contributed by atoms with Crippen molar-refractivity contribution >= 4 is 29.9 Å².